The van der Waals surface area contributed by atoms with E-state index in [2.05, 4.69) is 15.9 Å². The molecule has 0 aromatic heterocycles. The highest BCUT2D eigenvalue weighted by Gasteiger charge is 2.04. The first kappa shape index (κ1) is 12.8. The van der Waals surface area contributed by atoms with Crippen LogP contribution in [0.2, 0.25) is 0 Å². The Bertz CT molecular complexity index is 591. The molecule has 0 spiro atoms. The molecule has 0 heterocycles. The lowest BCUT2D eigenvalue weighted by Gasteiger charge is -2.10. The number of carbonyl (C=O) groups is 1. The summed E-state index contributed by atoms with van der Waals surface area (Å²) in [6.07, 6.45) is 0.851. The van der Waals surface area contributed by atoms with E-state index in [1.54, 1.807) is 12.1 Å². The minimum Gasteiger partial charge on any atom is -0.457 e. The molecule has 0 unspecified atom stereocenters. The molecule has 0 radical (unpaired) electrons. The molecule has 2 aromatic carbocycles. The van der Waals surface area contributed by atoms with Crippen LogP contribution in [0.25, 0.3) is 0 Å². The van der Waals surface area contributed by atoms with E-state index < -0.39 is 0 Å². The van der Waals surface area contributed by atoms with Crippen molar-refractivity contribution >= 4 is 22.2 Å². The second-order valence-electron chi connectivity index (χ2n) is 4.15. The quantitative estimate of drug-likeness (QED) is 0.770. The van der Waals surface area contributed by atoms with Crippen molar-refractivity contribution in [1.29, 1.82) is 0 Å². The molecule has 0 aliphatic carbocycles. The summed E-state index contributed by atoms with van der Waals surface area (Å²) in [4.78, 5) is 10.7. The van der Waals surface area contributed by atoms with Crippen molar-refractivity contribution in [3.8, 4) is 11.5 Å². The Balaban J connectivity index is 2.31. The predicted octanol–water partition coefficient (Wildman–Crippen LogP) is 4.67. The number of aryl methyl sites for hydroxylation is 2. The standard InChI is InChI=1S/C15H13BrO2/c1-10-3-5-13(16)8-15(10)18-14-6-4-12(9-17)11(2)7-14/h3-9H,1-2H3. The average Bonchev–Trinajstić information content (AvgIpc) is 2.34. The van der Waals surface area contributed by atoms with Crippen LogP contribution in [0.3, 0.4) is 0 Å². The van der Waals surface area contributed by atoms with Gasteiger partial charge in [0.05, 0.1) is 0 Å². The minimum atomic E-state index is 0.688. The van der Waals surface area contributed by atoms with Crippen LogP contribution in [-0.2, 0) is 0 Å². The van der Waals surface area contributed by atoms with Gasteiger partial charge in [-0.2, -0.15) is 0 Å². The number of halogens is 1. The van der Waals surface area contributed by atoms with E-state index >= 15 is 0 Å². The lowest BCUT2D eigenvalue weighted by molar-refractivity contribution is 0.112. The first-order chi connectivity index (χ1) is 8.60. The number of hydrogen-bond acceptors (Lipinski definition) is 2. The molecule has 0 aliphatic rings. The van der Waals surface area contributed by atoms with Crippen LogP contribution in [0, 0.1) is 13.8 Å². The Morgan fingerprint density at radius 2 is 1.83 bits per heavy atom. The first-order valence-corrected chi connectivity index (χ1v) is 6.39. The Kier molecular flexibility index (Phi) is 3.82. The fraction of sp³-hybridized carbons (Fsp3) is 0.133. The minimum absolute atomic E-state index is 0.688. The van der Waals surface area contributed by atoms with E-state index in [4.69, 9.17) is 4.74 Å². The van der Waals surface area contributed by atoms with Crippen LogP contribution in [0.5, 0.6) is 11.5 Å². The summed E-state index contributed by atoms with van der Waals surface area (Å²) in [5.41, 5.74) is 2.67. The second kappa shape index (κ2) is 5.36. The van der Waals surface area contributed by atoms with Gasteiger partial charge in [0.2, 0.25) is 0 Å². The topological polar surface area (TPSA) is 26.3 Å². The van der Waals surface area contributed by atoms with E-state index in [9.17, 15) is 4.79 Å². The van der Waals surface area contributed by atoms with Crippen molar-refractivity contribution in [3.63, 3.8) is 0 Å². The van der Waals surface area contributed by atoms with Gasteiger partial charge in [0.15, 0.2) is 0 Å². The second-order valence-corrected chi connectivity index (χ2v) is 5.06. The normalized spacial score (nSPS) is 10.2. The summed E-state index contributed by atoms with van der Waals surface area (Å²) >= 11 is 3.42. The van der Waals surface area contributed by atoms with Gasteiger partial charge in [-0.3, -0.25) is 4.79 Å². The van der Waals surface area contributed by atoms with Crippen LogP contribution < -0.4 is 4.74 Å². The molecule has 2 nitrogen and oxygen atoms in total. The Morgan fingerprint density at radius 1 is 1.06 bits per heavy atom. The molecule has 0 amide bonds. The number of hydrogen-bond donors (Lipinski definition) is 0. The van der Waals surface area contributed by atoms with Gasteiger partial charge >= 0.3 is 0 Å². The van der Waals surface area contributed by atoms with E-state index in [-0.39, 0.29) is 0 Å². The van der Waals surface area contributed by atoms with Gasteiger partial charge in [-0.05, 0) is 55.3 Å². The SMILES string of the molecule is Cc1cc(Oc2cc(Br)ccc2C)ccc1C=O. The Labute approximate surface area is 115 Å². The third-order valence-electron chi connectivity index (χ3n) is 2.75. The molecule has 0 saturated heterocycles. The van der Waals surface area contributed by atoms with Gasteiger partial charge in [-0.25, -0.2) is 0 Å². The molecule has 18 heavy (non-hydrogen) atoms. The van der Waals surface area contributed by atoms with Gasteiger partial charge in [-0.1, -0.05) is 22.0 Å². The molecule has 0 bridgehead atoms. The average molecular weight is 305 g/mol. The smallest absolute Gasteiger partial charge is 0.150 e. The highest BCUT2D eigenvalue weighted by molar-refractivity contribution is 9.10. The van der Waals surface area contributed by atoms with Gasteiger partial charge in [0, 0.05) is 10.0 Å². The maximum Gasteiger partial charge on any atom is 0.150 e. The van der Waals surface area contributed by atoms with E-state index in [1.165, 1.54) is 0 Å². The fourth-order valence-electron chi connectivity index (χ4n) is 1.65. The number of rotatable bonds is 3. The Morgan fingerprint density at radius 3 is 2.50 bits per heavy atom. The van der Waals surface area contributed by atoms with Gasteiger partial charge in [-0.15, -0.1) is 0 Å². The molecule has 2 aromatic rings. The zero-order valence-corrected chi connectivity index (χ0v) is 11.8. The third-order valence-corrected chi connectivity index (χ3v) is 3.24. The summed E-state index contributed by atoms with van der Waals surface area (Å²) in [5, 5.41) is 0. The van der Waals surface area contributed by atoms with E-state index in [1.807, 2.05) is 38.1 Å². The van der Waals surface area contributed by atoms with Crippen molar-refractivity contribution in [2.75, 3.05) is 0 Å². The molecule has 0 N–H and O–H groups in total. The molecule has 0 fully saturated rings. The molecule has 3 heteroatoms. The number of benzene rings is 2. The van der Waals surface area contributed by atoms with Crippen molar-refractivity contribution < 1.29 is 9.53 Å². The van der Waals surface area contributed by atoms with Gasteiger partial charge in [0.25, 0.3) is 0 Å². The van der Waals surface area contributed by atoms with Crippen LogP contribution in [0.4, 0.5) is 0 Å². The number of ether oxygens (including phenoxy) is 1. The largest absolute Gasteiger partial charge is 0.457 e. The lowest BCUT2D eigenvalue weighted by Crippen LogP contribution is -1.91. The molecule has 0 atom stereocenters. The molecule has 0 saturated carbocycles. The fourth-order valence-corrected chi connectivity index (χ4v) is 1.99. The van der Waals surface area contributed by atoms with Crippen molar-refractivity contribution in [1.82, 2.24) is 0 Å². The monoisotopic (exact) mass is 304 g/mol. The van der Waals surface area contributed by atoms with Crippen LogP contribution in [0.1, 0.15) is 21.5 Å². The highest BCUT2D eigenvalue weighted by Crippen LogP contribution is 2.28. The molecule has 0 aliphatic heterocycles. The first-order valence-electron chi connectivity index (χ1n) is 5.60. The lowest BCUT2D eigenvalue weighted by atomic mass is 10.1. The zero-order chi connectivity index (χ0) is 13.1. The van der Waals surface area contributed by atoms with Gasteiger partial charge < -0.3 is 4.74 Å². The van der Waals surface area contributed by atoms with Crippen LogP contribution in [0.15, 0.2) is 40.9 Å². The molecular weight excluding hydrogens is 292 g/mol. The Hall–Kier alpha value is -1.61. The van der Waals surface area contributed by atoms with Crippen molar-refractivity contribution in [3.05, 3.63) is 57.6 Å². The third kappa shape index (κ3) is 2.79. The summed E-state index contributed by atoms with van der Waals surface area (Å²) in [7, 11) is 0. The van der Waals surface area contributed by atoms with E-state index in [0.29, 0.717) is 5.56 Å². The predicted molar refractivity (Wildman–Crippen MR) is 75.5 cm³/mol. The van der Waals surface area contributed by atoms with Crippen LogP contribution in [-0.4, -0.2) is 6.29 Å². The van der Waals surface area contributed by atoms with E-state index in [0.717, 1.165) is 33.4 Å². The van der Waals surface area contributed by atoms with Crippen LogP contribution >= 0.6 is 15.9 Å². The number of carbonyl (C=O) groups excluding carboxylic acids is 1. The molecule has 2 rings (SSSR count). The maximum absolute atomic E-state index is 10.7. The van der Waals surface area contributed by atoms with Crippen molar-refractivity contribution in [2.24, 2.45) is 0 Å². The summed E-state index contributed by atoms with van der Waals surface area (Å²) in [6, 6.07) is 11.3. The molecular formula is C15H13BrO2. The highest BCUT2D eigenvalue weighted by atomic mass is 79.9. The summed E-state index contributed by atoms with van der Waals surface area (Å²) < 4.78 is 6.80. The zero-order valence-electron chi connectivity index (χ0n) is 10.2. The summed E-state index contributed by atoms with van der Waals surface area (Å²) in [5.74, 6) is 1.54. The van der Waals surface area contributed by atoms with Gasteiger partial charge in [0.1, 0.15) is 17.8 Å². The maximum atomic E-state index is 10.7. The number of aldehydes is 1. The molecule has 92 valence electrons. The van der Waals surface area contributed by atoms with Crippen molar-refractivity contribution in [2.45, 2.75) is 13.8 Å². The summed E-state index contributed by atoms with van der Waals surface area (Å²) in [6.45, 7) is 3.89.